The van der Waals surface area contributed by atoms with Crippen LogP contribution in [0.2, 0.25) is 0 Å². The number of hydrogen-bond donors (Lipinski definition) is 1. The van der Waals surface area contributed by atoms with Gasteiger partial charge >= 0.3 is 0 Å². The molecule has 1 unspecified atom stereocenters. The average Bonchev–Trinajstić information content (AvgIpc) is 2.36. The number of nitrogens with one attached hydrogen (secondary N) is 1. The molecule has 1 fully saturated rings. The summed E-state index contributed by atoms with van der Waals surface area (Å²) in [6.07, 6.45) is 3.69. The predicted octanol–water partition coefficient (Wildman–Crippen LogP) is 2.84. The number of aromatic nitrogens is 2. The number of aryl methyl sites for hydroxylation is 1. The van der Waals surface area contributed by atoms with Crippen molar-refractivity contribution in [1.82, 2.24) is 9.97 Å². The van der Waals surface area contributed by atoms with Crippen LogP contribution in [0.1, 0.15) is 38.8 Å². The highest BCUT2D eigenvalue weighted by Gasteiger charge is 2.18. The molecule has 0 bridgehead atoms. The van der Waals surface area contributed by atoms with Crippen LogP contribution in [-0.4, -0.2) is 29.6 Å². The fourth-order valence-electron chi connectivity index (χ4n) is 2.43. The van der Waals surface area contributed by atoms with E-state index in [1.54, 1.807) is 0 Å². The Morgan fingerprint density at radius 3 is 3.00 bits per heavy atom. The lowest BCUT2D eigenvalue weighted by atomic mass is 10.0. The molecule has 0 saturated carbocycles. The first-order chi connectivity index (χ1) is 8.69. The molecule has 100 valence electrons. The quantitative estimate of drug-likeness (QED) is 0.889. The normalized spacial score (nSPS) is 19.9. The first-order valence-electron chi connectivity index (χ1n) is 7.03. The highest BCUT2D eigenvalue weighted by Crippen LogP contribution is 2.22. The smallest absolute Gasteiger partial charge is 0.224 e. The van der Waals surface area contributed by atoms with Gasteiger partial charge in [-0.3, -0.25) is 0 Å². The summed E-state index contributed by atoms with van der Waals surface area (Å²) in [5, 5.41) is 3.28. The third-order valence-electron chi connectivity index (χ3n) is 3.35. The molecule has 2 heterocycles. The molecular weight excluding hydrogens is 224 g/mol. The molecule has 0 amide bonds. The largest absolute Gasteiger partial charge is 0.356 e. The maximum absolute atomic E-state index is 4.63. The standard InChI is InChI=1S/C14H24N4/c1-4-7-15-14-16-12(3)9-13(17-14)18-8-5-6-11(2)10-18/h9,11H,4-8,10H2,1-3H3,(H,15,16,17). The molecule has 1 aliphatic heterocycles. The summed E-state index contributed by atoms with van der Waals surface area (Å²) >= 11 is 0. The average molecular weight is 248 g/mol. The fourth-order valence-corrected chi connectivity index (χ4v) is 2.43. The third-order valence-corrected chi connectivity index (χ3v) is 3.35. The van der Waals surface area contributed by atoms with Gasteiger partial charge in [0.2, 0.25) is 5.95 Å². The first-order valence-corrected chi connectivity index (χ1v) is 7.03. The monoisotopic (exact) mass is 248 g/mol. The van der Waals surface area contributed by atoms with Gasteiger partial charge in [-0.25, -0.2) is 4.98 Å². The van der Waals surface area contributed by atoms with E-state index >= 15 is 0 Å². The van der Waals surface area contributed by atoms with Crippen molar-refractivity contribution in [3.63, 3.8) is 0 Å². The maximum Gasteiger partial charge on any atom is 0.224 e. The number of nitrogens with zero attached hydrogens (tertiary/aromatic N) is 3. The molecule has 0 radical (unpaired) electrons. The topological polar surface area (TPSA) is 41.1 Å². The maximum atomic E-state index is 4.63. The van der Waals surface area contributed by atoms with Gasteiger partial charge in [0.15, 0.2) is 0 Å². The van der Waals surface area contributed by atoms with Crippen LogP contribution in [0, 0.1) is 12.8 Å². The van der Waals surface area contributed by atoms with Gasteiger partial charge in [-0.15, -0.1) is 0 Å². The van der Waals surface area contributed by atoms with Crippen LogP contribution in [0.4, 0.5) is 11.8 Å². The summed E-state index contributed by atoms with van der Waals surface area (Å²) < 4.78 is 0. The van der Waals surface area contributed by atoms with Crippen molar-refractivity contribution >= 4 is 11.8 Å². The molecule has 1 N–H and O–H groups in total. The molecule has 1 aromatic heterocycles. The van der Waals surface area contributed by atoms with Gasteiger partial charge in [-0.2, -0.15) is 4.98 Å². The number of hydrogen-bond acceptors (Lipinski definition) is 4. The van der Waals surface area contributed by atoms with Crippen molar-refractivity contribution in [3.05, 3.63) is 11.8 Å². The van der Waals surface area contributed by atoms with Crippen molar-refractivity contribution in [2.75, 3.05) is 29.9 Å². The van der Waals surface area contributed by atoms with Crippen LogP contribution in [0.3, 0.4) is 0 Å². The van der Waals surface area contributed by atoms with Gasteiger partial charge in [0.05, 0.1) is 0 Å². The lowest BCUT2D eigenvalue weighted by molar-refractivity contribution is 0.444. The van der Waals surface area contributed by atoms with Crippen LogP contribution in [0.25, 0.3) is 0 Å². The second kappa shape index (κ2) is 6.03. The van der Waals surface area contributed by atoms with E-state index in [1.165, 1.54) is 12.8 Å². The fraction of sp³-hybridized carbons (Fsp3) is 0.714. The van der Waals surface area contributed by atoms with E-state index in [0.29, 0.717) is 0 Å². The van der Waals surface area contributed by atoms with Gasteiger partial charge in [0.25, 0.3) is 0 Å². The molecule has 4 heteroatoms. The second-order valence-corrected chi connectivity index (χ2v) is 5.31. The van der Waals surface area contributed by atoms with Crippen molar-refractivity contribution in [2.45, 2.75) is 40.0 Å². The Hall–Kier alpha value is -1.32. The third kappa shape index (κ3) is 3.34. The SMILES string of the molecule is CCCNc1nc(C)cc(N2CCCC(C)C2)n1. The Bertz CT molecular complexity index is 391. The van der Waals surface area contributed by atoms with Crippen LogP contribution in [-0.2, 0) is 0 Å². The molecule has 1 atom stereocenters. The van der Waals surface area contributed by atoms with E-state index < -0.39 is 0 Å². The summed E-state index contributed by atoms with van der Waals surface area (Å²) in [5.74, 6) is 2.61. The minimum atomic E-state index is 0.765. The Kier molecular flexibility index (Phi) is 4.39. The van der Waals surface area contributed by atoms with Gasteiger partial charge in [0.1, 0.15) is 5.82 Å². The van der Waals surface area contributed by atoms with E-state index in [9.17, 15) is 0 Å². The van der Waals surface area contributed by atoms with Crippen LogP contribution < -0.4 is 10.2 Å². The molecule has 0 aromatic carbocycles. The molecule has 2 rings (SSSR count). The minimum absolute atomic E-state index is 0.765. The molecule has 1 aliphatic rings. The Morgan fingerprint density at radius 1 is 1.44 bits per heavy atom. The highest BCUT2D eigenvalue weighted by molar-refractivity contribution is 5.45. The van der Waals surface area contributed by atoms with Gasteiger partial charge in [-0.1, -0.05) is 13.8 Å². The van der Waals surface area contributed by atoms with Crippen molar-refractivity contribution in [3.8, 4) is 0 Å². The van der Waals surface area contributed by atoms with Gasteiger partial charge < -0.3 is 10.2 Å². The summed E-state index contributed by atoms with van der Waals surface area (Å²) in [7, 11) is 0. The molecule has 18 heavy (non-hydrogen) atoms. The van der Waals surface area contributed by atoms with Crippen LogP contribution >= 0.6 is 0 Å². The van der Waals surface area contributed by atoms with E-state index in [1.807, 2.05) is 6.92 Å². The molecule has 0 aliphatic carbocycles. The second-order valence-electron chi connectivity index (χ2n) is 5.31. The van der Waals surface area contributed by atoms with Gasteiger partial charge in [-0.05, 0) is 32.1 Å². The molecule has 4 nitrogen and oxygen atoms in total. The lowest BCUT2D eigenvalue weighted by Gasteiger charge is -2.32. The Labute approximate surface area is 110 Å². The predicted molar refractivity (Wildman–Crippen MR) is 76.2 cm³/mol. The van der Waals surface area contributed by atoms with E-state index in [-0.39, 0.29) is 0 Å². The number of anilines is 2. The van der Waals surface area contributed by atoms with Crippen molar-refractivity contribution in [1.29, 1.82) is 0 Å². The van der Waals surface area contributed by atoms with Crippen LogP contribution in [0.15, 0.2) is 6.07 Å². The van der Waals surface area contributed by atoms with Crippen LogP contribution in [0.5, 0.6) is 0 Å². The summed E-state index contributed by atoms with van der Waals surface area (Å²) in [6.45, 7) is 9.67. The van der Waals surface area contributed by atoms with E-state index in [2.05, 4.69) is 40.1 Å². The zero-order valence-electron chi connectivity index (χ0n) is 11.7. The Balaban J connectivity index is 2.13. The highest BCUT2D eigenvalue weighted by atomic mass is 15.2. The lowest BCUT2D eigenvalue weighted by Crippen LogP contribution is -2.35. The summed E-state index contributed by atoms with van der Waals surface area (Å²) in [5.41, 5.74) is 1.04. The summed E-state index contributed by atoms with van der Waals surface area (Å²) in [6, 6.07) is 2.09. The zero-order valence-corrected chi connectivity index (χ0v) is 11.7. The van der Waals surface area contributed by atoms with E-state index in [0.717, 1.165) is 49.4 Å². The molecular formula is C14H24N4. The molecule has 1 aromatic rings. The number of rotatable bonds is 4. The number of piperidine rings is 1. The van der Waals surface area contributed by atoms with Gasteiger partial charge in [0, 0.05) is 31.4 Å². The zero-order chi connectivity index (χ0) is 13.0. The summed E-state index contributed by atoms with van der Waals surface area (Å²) in [4.78, 5) is 11.5. The Morgan fingerprint density at radius 2 is 2.28 bits per heavy atom. The van der Waals surface area contributed by atoms with E-state index in [4.69, 9.17) is 0 Å². The van der Waals surface area contributed by atoms with Crippen molar-refractivity contribution in [2.24, 2.45) is 5.92 Å². The van der Waals surface area contributed by atoms with Crippen molar-refractivity contribution < 1.29 is 0 Å². The molecule has 1 saturated heterocycles. The first kappa shape index (κ1) is 13.1. The minimum Gasteiger partial charge on any atom is -0.356 e. The molecule has 0 spiro atoms.